The van der Waals surface area contributed by atoms with E-state index in [1.807, 2.05) is 19.2 Å². The molecule has 0 aliphatic heterocycles. The highest BCUT2D eigenvalue weighted by Gasteiger charge is 2.10. The highest BCUT2D eigenvalue weighted by molar-refractivity contribution is 7.07. The molecular weight excluding hydrogens is 278 g/mol. The summed E-state index contributed by atoms with van der Waals surface area (Å²) in [4.78, 5) is 4.46. The van der Waals surface area contributed by atoms with Crippen LogP contribution in [0, 0.1) is 6.92 Å². The third-order valence-corrected chi connectivity index (χ3v) is 4.36. The third-order valence-electron chi connectivity index (χ3n) is 3.66. The summed E-state index contributed by atoms with van der Waals surface area (Å²) >= 11 is 1.74. The number of aromatic nitrogens is 2. The van der Waals surface area contributed by atoms with Crippen LogP contribution >= 0.6 is 11.3 Å². The van der Waals surface area contributed by atoms with Gasteiger partial charge < -0.3 is 5.32 Å². The molecule has 1 unspecified atom stereocenters. The first-order valence-corrected chi connectivity index (χ1v) is 8.04. The number of nitrogens with one attached hydrogen (secondary N) is 1. The highest BCUT2D eigenvalue weighted by Crippen LogP contribution is 2.18. The fraction of sp³-hybridized carbons (Fsp3) is 0.235. The number of para-hydroxylation sites is 1. The minimum Gasteiger partial charge on any atom is -0.305 e. The van der Waals surface area contributed by atoms with Gasteiger partial charge in [-0.15, -0.1) is 0 Å². The third kappa shape index (κ3) is 3.06. The molecule has 2 aromatic heterocycles. The molecule has 2 heterocycles. The van der Waals surface area contributed by atoms with Gasteiger partial charge in [0.15, 0.2) is 0 Å². The number of imidazole rings is 1. The van der Waals surface area contributed by atoms with Crippen LogP contribution in [-0.4, -0.2) is 9.55 Å². The van der Waals surface area contributed by atoms with Crippen LogP contribution in [0.25, 0.3) is 5.69 Å². The molecule has 0 aliphatic rings. The van der Waals surface area contributed by atoms with Crippen molar-refractivity contribution < 1.29 is 0 Å². The summed E-state index contributed by atoms with van der Waals surface area (Å²) in [5.74, 6) is 1.01. The predicted molar refractivity (Wildman–Crippen MR) is 87.9 cm³/mol. The molecule has 0 amide bonds. The molecule has 0 saturated heterocycles. The zero-order valence-corrected chi connectivity index (χ0v) is 13.1. The maximum atomic E-state index is 4.46. The number of hydrogen-bond donors (Lipinski definition) is 1. The summed E-state index contributed by atoms with van der Waals surface area (Å²) in [7, 11) is 0. The Labute approximate surface area is 129 Å². The molecule has 4 heteroatoms. The lowest BCUT2D eigenvalue weighted by atomic mass is 10.2. The van der Waals surface area contributed by atoms with E-state index < -0.39 is 0 Å². The van der Waals surface area contributed by atoms with Crippen LogP contribution in [0.3, 0.4) is 0 Å². The molecule has 0 saturated carbocycles. The fourth-order valence-corrected chi connectivity index (χ4v) is 3.20. The van der Waals surface area contributed by atoms with E-state index in [4.69, 9.17) is 0 Å². The van der Waals surface area contributed by atoms with E-state index >= 15 is 0 Å². The van der Waals surface area contributed by atoms with E-state index in [9.17, 15) is 0 Å². The van der Waals surface area contributed by atoms with E-state index in [2.05, 4.69) is 62.9 Å². The average Bonchev–Trinajstić information content (AvgIpc) is 3.15. The molecule has 3 rings (SSSR count). The quantitative estimate of drug-likeness (QED) is 0.768. The number of hydrogen-bond acceptors (Lipinski definition) is 3. The van der Waals surface area contributed by atoms with E-state index in [-0.39, 0.29) is 0 Å². The Bertz CT molecular complexity index is 686. The Hall–Kier alpha value is -1.91. The lowest BCUT2D eigenvalue weighted by molar-refractivity contribution is 0.564. The standard InChI is InChI=1S/C17H19N3S/c1-13(15-8-9-21-12-15)18-10-17-11-19-14(2)20(17)16-6-4-3-5-7-16/h3-9,11-13,18H,10H2,1-2H3. The molecule has 1 N–H and O–H groups in total. The van der Waals surface area contributed by atoms with Gasteiger partial charge in [-0.1, -0.05) is 18.2 Å². The van der Waals surface area contributed by atoms with Gasteiger partial charge in [-0.3, -0.25) is 4.57 Å². The predicted octanol–water partition coefficient (Wildman–Crippen LogP) is 4.09. The summed E-state index contributed by atoms with van der Waals surface area (Å²) in [6.45, 7) is 5.03. The molecule has 108 valence electrons. The summed E-state index contributed by atoms with van der Waals surface area (Å²) in [6.07, 6.45) is 1.95. The van der Waals surface area contributed by atoms with Crippen molar-refractivity contribution in [1.29, 1.82) is 0 Å². The van der Waals surface area contributed by atoms with E-state index in [1.54, 1.807) is 11.3 Å². The van der Waals surface area contributed by atoms with Crippen molar-refractivity contribution in [3.8, 4) is 5.69 Å². The number of thiophene rings is 1. The maximum Gasteiger partial charge on any atom is 0.110 e. The Balaban J connectivity index is 1.78. The zero-order valence-electron chi connectivity index (χ0n) is 12.3. The van der Waals surface area contributed by atoms with Crippen molar-refractivity contribution in [1.82, 2.24) is 14.9 Å². The topological polar surface area (TPSA) is 29.9 Å². The first-order chi connectivity index (χ1) is 10.3. The lowest BCUT2D eigenvalue weighted by Gasteiger charge is -2.15. The van der Waals surface area contributed by atoms with Gasteiger partial charge in [0.1, 0.15) is 5.82 Å². The number of rotatable bonds is 5. The van der Waals surface area contributed by atoms with Crippen molar-refractivity contribution in [2.45, 2.75) is 26.4 Å². The van der Waals surface area contributed by atoms with Crippen LogP contribution in [0.4, 0.5) is 0 Å². The van der Waals surface area contributed by atoms with E-state index in [0.717, 1.165) is 18.1 Å². The maximum absolute atomic E-state index is 4.46. The van der Waals surface area contributed by atoms with Crippen LogP contribution in [-0.2, 0) is 6.54 Å². The molecule has 0 spiro atoms. The van der Waals surface area contributed by atoms with Crippen LogP contribution in [0.2, 0.25) is 0 Å². The van der Waals surface area contributed by atoms with Crippen LogP contribution in [0.1, 0.15) is 30.0 Å². The molecule has 0 radical (unpaired) electrons. The minimum atomic E-state index is 0.343. The molecule has 0 fully saturated rings. The summed E-state index contributed by atoms with van der Waals surface area (Å²) in [5.41, 5.74) is 3.68. The Morgan fingerprint density at radius 1 is 1.24 bits per heavy atom. The first-order valence-electron chi connectivity index (χ1n) is 7.10. The normalized spacial score (nSPS) is 12.5. The minimum absolute atomic E-state index is 0.343. The van der Waals surface area contributed by atoms with E-state index in [0.29, 0.717) is 6.04 Å². The molecular formula is C17H19N3S. The highest BCUT2D eigenvalue weighted by atomic mass is 32.1. The van der Waals surface area contributed by atoms with Crippen molar-refractivity contribution in [3.63, 3.8) is 0 Å². The van der Waals surface area contributed by atoms with Crippen LogP contribution in [0.15, 0.2) is 53.4 Å². The fourth-order valence-electron chi connectivity index (χ4n) is 2.44. The Kier molecular flexibility index (Phi) is 4.18. The molecule has 21 heavy (non-hydrogen) atoms. The first kappa shape index (κ1) is 14.0. The summed E-state index contributed by atoms with van der Waals surface area (Å²) < 4.78 is 2.20. The summed E-state index contributed by atoms with van der Waals surface area (Å²) in [6, 6.07) is 12.9. The van der Waals surface area contributed by atoms with Crippen LogP contribution in [0.5, 0.6) is 0 Å². The second-order valence-electron chi connectivity index (χ2n) is 5.13. The van der Waals surface area contributed by atoms with Gasteiger partial charge in [0.2, 0.25) is 0 Å². The smallest absolute Gasteiger partial charge is 0.110 e. The second-order valence-corrected chi connectivity index (χ2v) is 5.91. The SMILES string of the molecule is Cc1ncc(CNC(C)c2ccsc2)n1-c1ccccc1. The van der Waals surface area contributed by atoms with Gasteiger partial charge in [-0.05, 0) is 48.4 Å². The second kappa shape index (κ2) is 6.24. The molecule has 3 nitrogen and oxygen atoms in total. The molecule has 0 aliphatic carbocycles. The Morgan fingerprint density at radius 2 is 2.05 bits per heavy atom. The van der Waals surface area contributed by atoms with Crippen molar-refractivity contribution in [2.24, 2.45) is 0 Å². The molecule has 1 atom stereocenters. The van der Waals surface area contributed by atoms with Gasteiger partial charge in [0.05, 0.1) is 11.9 Å². The van der Waals surface area contributed by atoms with Crippen LogP contribution < -0.4 is 5.32 Å². The zero-order chi connectivity index (χ0) is 14.7. The number of aryl methyl sites for hydroxylation is 1. The van der Waals surface area contributed by atoms with Crippen molar-refractivity contribution in [3.05, 3.63) is 70.4 Å². The molecule has 3 aromatic rings. The van der Waals surface area contributed by atoms with Gasteiger partial charge in [0.25, 0.3) is 0 Å². The number of benzene rings is 1. The average molecular weight is 297 g/mol. The summed E-state index contributed by atoms with van der Waals surface area (Å²) in [5, 5.41) is 7.88. The van der Waals surface area contributed by atoms with Gasteiger partial charge >= 0.3 is 0 Å². The van der Waals surface area contributed by atoms with Crippen molar-refractivity contribution >= 4 is 11.3 Å². The van der Waals surface area contributed by atoms with Crippen molar-refractivity contribution in [2.75, 3.05) is 0 Å². The number of nitrogens with zero attached hydrogens (tertiary/aromatic N) is 2. The Morgan fingerprint density at radius 3 is 2.76 bits per heavy atom. The van der Waals surface area contributed by atoms with Gasteiger partial charge in [-0.2, -0.15) is 11.3 Å². The molecule has 1 aromatic carbocycles. The van der Waals surface area contributed by atoms with Gasteiger partial charge in [-0.25, -0.2) is 4.98 Å². The monoisotopic (exact) mass is 297 g/mol. The van der Waals surface area contributed by atoms with E-state index in [1.165, 1.54) is 11.3 Å². The van der Waals surface area contributed by atoms with Gasteiger partial charge in [0, 0.05) is 18.3 Å². The largest absolute Gasteiger partial charge is 0.305 e. The lowest BCUT2D eigenvalue weighted by Crippen LogP contribution is -2.19. The molecule has 0 bridgehead atoms.